The Balaban J connectivity index is 1.54. The molecule has 3 heterocycles. The molecule has 1 fully saturated rings. The van der Waals surface area contributed by atoms with E-state index < -0.39 is 0 Å². The molecule has 0 unspecified atom stereocenters. The van der Waals surface area contributed by atoms with Gasteiger partial charge in [-0.15, -0.1) is 5.10 Å². The lowest BCUT2D eigenvalue weighted by Gasteiger charge is -2.03. The molecule has 5 rings (SSSR count). The number of carbonyl (C=O) groups is 2. The van der Waals surface area contributed by atoms with Crippen molar-refractivity contribution in [2.45, 2.75) is 19.8 Å². The van der Waals surface area contributed by atoms with Gasteiger partial charge in [-0.3, -0.25) is 9.59 Å². The van der Waals surface area contributed by atoms with Gasteiger partial charge in [0.15, 0.2) is 17.2 Å². The van der Waals surface area contributed by atoms with Crippen LogP contribution in [0.3, 0.4) is 0 Å². The Kier molecular flexibility index (Phi) is 3.58. The number of carbonyl (C=O) groups excluding carboxylic acids is 2. The molecular formula is C21H19N5O2. The van der Waals surface area contributed by atoms with Crippen molar-refractivity contribution in [3.63, 3.8) is 0 Å². The van der Waals surface area contributed by atoms with E-state index in [9.17, 15) is 9.59 Å². The summed E-state index contributed by atoms with van der Waals surface area (Å²) in [5, 5.41) is 8.13. The van der Waals surface area contributed by atoms with Gasteiger partial charge < -0.3 is 9.88 Å². The van der Waals surface area contributed by atoms with Gasteiger partial charge in [-0.05, 0) is 38.0 Å². The van der Waals surface area contributed by atoms with Crippen LogP contribution in [0.5, 0.6) is 0 Å². The number of hydrogen-bond acceptors (Lipinski definition) is 4. The van der Waals surface area contributed by atoms with Gasteiger partial charge in [0.25, 0.3) is 0 Å². The van der Waals surface area contributed by atoms with Crippen LogP contribution in [0.2, 0.25) is 0 Å². The zero-order valence-corrected chi connectivity index (χ0v) is 15.6. The van der Waals surface area contributed by atoms with Crippen LogP contribution < -0.4 is 5.32 Å². The highest BCUT2D eigenvalue weighted by Crippen LogP contribution is 2.30. The average Bonchev–Trinajstić information content (AvgIpc) is 3.37. The van der Waals surface area contributed by atoms with E-state index >= 15 is 0 Å². The number of benzene rings is 1. The molecule has 1 aliphatic rings. The van der Waals surface area contributed by atoms with Crippen molar-refractivity contribution >= 4 is 34.1 Å². The molecule has 0 spiro atoms. The molecule has 0 bridgehead atoms. The molecule has 1 amide bonds. The second-order valence-electron chi connectivity index (χ2n) is 7.35. The summed E-state index contributed by atoms with van der Waals surface area (Å²) >= 11 is 0. The van der Waals surface area contributed by atoms with Gasteiger partial charge >= 0.3 is 0 Å². The van der Waals surface area contributed by atoms with Crippen molar-refractivity contribution in [2.24, 2.45) is 13.0 Å². The van der Waals surface area contributed by atoms with Crippen molar-refractivity contribution in [3.8, 4) is 11.3 Å². The Morgan fingerprint density at radius 1 is 1.18 bits per heavy atom. The number of aromatic nitrogens is 4. The van der Waals surface area contributed by atoms with E-state index in [0.29, 0.717) is 17.0 Å². The predicted octanol–water partition coefficient (Wildman–Crippen LogP) is 3.44. The summed E-state index contributed by atoms with van der Waals surface area (Å²) in [5.41, 5.74) is 4.07. The minimum absolute atomic E-state index is 0.0231. The molecule has 1 aromatic carbocycles. The van der Waals surface area contributed by atoms with Gasteiger partial charge in [0.05, 0.1) is 5.69 Å². The molecule has 28 heavy (non-hydrogen) atoms. The number of ketones is 1. The highest BCUT2D eigenvalue weighted by Gasteiger charge is 2.30. The third kappa shape index (κ3) is 2.76. The first kappa shape index (κ1) is 16.7. The van der Waals surface area contributed by atoms with Gasteiger partial charge in [0.1, 0.15) is 0 Å². The van der Waals surface area contributed by atoms with E-state index in [0.717, 1.165) is 35.0 Å². The summed E-state index contributed by atoms with van der Waals surface area (Å²) < 4.78 is 3.60. The zero-order valence-electron chi connectivity index (χ0n) is 15.6. The first-order valence-corrected chi connectivity index (χ1v) is 9.27. The molecule has 1 N–H and O–H groups in total. The average molecular weight is 373 g/mol. The fourth-order valence-electron chi connectivity index (χ4n) is 3.51. The van der Waals surface area contributed by atoms with Crippen LogP contribution in [0.1, 0.15) is 30.1 Å². The Labute approximate surface area is 161 Å². The number of nitrogens with one attached hydrogen (secondary N) is 1. The molecule has 0 atom stereocenters. The molecule has 140 valence electrons. The van der Waals surface area contributed by atoms with Crippen molar-refractivity contribution in [1.82, 2.24) is 19.2 Å². The second kappa shape index (κ2) is 6.02. The van der Waals surface area contributed by atoms with Gasteiger partial charge in [0, 0.05) is 53.5 Å². The van der Waals surface area contributed by atoms with Crippen LogP contribution in [0.25, 0.3) is 27.8 Å². The number of anilines is 1. The number of Topliss-reactive ketones (excluding diaryl/α,β-unsaturated/α-hetero) is 1. The highest BCUT2D eigenvalue weighted by molar-refractivity contribution is 6.07. The Morgan fingerprint density at radius 3 is 2.75 bits per heavy atom. The fourth-order valence-corrected chi connectivity index (χ4v) is 3.51. The fraction of sp³-hybridized carbons (Fsp3) is 0.238. The van der Waals surface area contributed by atoms with Crippen molar-refractivity contribution < 1.29 is 9.59 Å². The summed E-state index contributed by atoms with van der Waals surface area (Å²) in [6, 6.07) is 9.64. The molecule has 0 aliphatic heterocycles. The quantitative estimate of drug-likeness (QED) is 0.556. The maximum atomic E-state index is 12.0. The number of aryl methyl sites for hydroxylation is 1. The minimum Gasteiger partial charge on any atom is -0.350 e. The molecule has 0 radical (unpaired) electrons. The van der Waals surface area contributed by atoms with E-state index in [4.69, 9.17) is 0 Å². The molecule has 0 saturated heterocycles. The van der Waals surface area contributed by atoms with E-state index in [-0.39, 0.29) is 17.6 Å². The number of rotatable bonds is 4. The van der Waals surface area contributed by atoms with Crippen LogP contribution in [0, 0.1) is 5.92 Å². The summed E-state index contributed by atoms with van der Waals surface area (Å²) in [7, 11) is 1.93. The Hall–Kier alpha value is -3.48. The molecule has 3 aromatic heterocycles. The third-order valence-electron chi connectivity index (χ3n) is 5.19. The van der Waals surface area contributed by atoms with E-state index in [1.807, 2.05) is 48.3 Å². The van der Waals surface area contributed by atoms with Gasteiger partial charge in [0.2, 0.25) is 5.91 Å². The van der Waals surface area contributed by atoms with Crippen LogP contribution >= 0.6 is 0 Å². The number of nitrogens with zero attached hydrogens (tertiary/aromatic N) is 4. The molecule has 1 aliphatic carbocycles. The minimum atomic E-state index is 0.0231. The van der Waals surface area contributed by atoms with Crippen molar-refractivity contribution in [1.29, 1.82) is 0 Å². The normalized spacial score (nSPS) is 13.9. The van der Waals surface area contributed by atoms with Crippen LogP contribution in [-0.4, -0.2) is 30.9 Å². The van der Waals surface area contributed by atoms with E-state index in [1.54, 1.807) is 17.5 Å². The van der Waals surface area contributed by atoms with E-state index in [1.165, 1.54) is 0 Å². The zero-order chi connectivity index (χ0) is 19.4. The largest absolute Gasteiger partial charge is 0.350 e. The SMILES string of the molecule is CC(=O)c1cn(C)c2ccc(-c3ccn4nc(NC(=O)C5CC5)cc4n3)cc12. The molecule has 4 aromatic rings. The topological polar surface area (TPSA) is 81.3 Å². The van der Waals surface area contributed by atoms with Crippen molar-refractivity contribution in [3.05, 3.63) is 48.3 Å². The Bertz CT molecular complexity index is 1260. The summed E-state index contributed by atoms with van der Waals surface area (Å²) in [5.74, 6) is 0.702. The molecule has 1 saturated carbocycles. The van der Waals surface area contributed by atoms with Crippen molar-refractivity contribution in [2.75, 3.05) is 5.32 Å². The lowest BCUT2D eigenvalue weighted by molar-refractivity contribution is -0.117. The summed E-state index contributed by atoms with van der Waals surface area (Å²) in [6.45, 7) is 1.58. The summed E-state index contributed by atoms with van der Waals surface area (Å²) in [6.07, 6.45) is 5.59. The third-order valence-corrected chi connectivity index (χ3v) is 5.19. The summed E-state index contributed by atoms with van der Waals surface area (Å²) in [4.78, 5) is 28.6. The smallest absolute Gasteiger partial charge is 0.228 e. The standard InChI is InChI=1S/C21H19N5O2/c1-12(27)16-11-25(2)18-6-5-14(9-15(16)18)17-7-8-26-20(22-17)10-19(24-26)23-21(28)13-3-4-13/h5-11,13H,3-4H2,1-2H3,(H,23,24,28). The van der Waals surface area contributed by atoms with Gasteiger partial charge in [-0.1, -0.05) is 6.07 Å². The number of fused-ring (bicyclic) bond motifs is 2. The lowest BCUT2D eigenvalue weighted by atomic mass is 10.1. The maximum Gasteiger partial charge on any atom is 0.228 e. The molecule has 7 heteroatoms. The molecular weight excluding hydrogens is 354 g/mol. The van der Waals surface area contributed by atoms with Crippen LogP contribution in [0.4, 0.5) is 5.82 Å². The number of amides is 1. The number of hydrogen-bond donors (Lipinski definition) is 1. The predicted molar refractivity (Wildman–Crippen MR) is 106 cm³/mol. The second-order valence-corrected chi connectivity index (χ2v) is 7.35. The first-order chi connectivity index (χ1) is 13.5. The molecule has 7 nitrogen and oxygen atoms in total. The van der Waals surface area contributed by atoms with E-state index in [2.05, 4.69) is 15.4 Å². The van der Waals surface area contributed by atoms with Gasteiger partial charge in [-0.25, -0.2) is 9.50 Å². The van der Waals surface area contributed by atoms with Gasteiger partial charge in [-0.2, -0.15) is 0 Å². The Morgan fingerprint density at radius 2 is 2.00 bits per heavy atom. The van der Waals surface area contributed by atoms with Crippen LogP contribution in [0.15, 0.2) is 42.7 Å². The maximum absolute atomic E-state index is 12.0. The highest BCUT2D eigenvalue weighted by atomic mass is 16.2. The first-order valence-electron chi connectivity index (χ1n) is 9.27. The van der Waals surface area contributed by atoms with Crippen LogP contribution in [-0.2, 0) is 11.8 Å². The monoisotopic (exact) mass is 373 g/mol. The lowest BCUT2D eigenvalue weighted by Crippen LogP contribution is -2.13.